The summed E-state index contributed by atoms with van der Waals surface area (Å²) in [5.41, 5.74) is 23.1. The Labute approximate surface area is 287 Å². The van der Waals surface area contributed by atoms with Gasteiger partial charge in [-0.1, -0.05) is 170 Å². The van der Waals surface area contributed by atoms with Crippen molar-refractivity contribution in [3.05, 3.63) is 193 Å². The summed E-state index contributed by atoms with van der Waals surface area (Å²) in [6.07, 6.45) is 0. The third-order valence-corrected chi connectivity index (χ3v) is 8.34. The first-order chi connectivity index (χ1) is 24.0. The molecule has 5 N–H and O–H groups in total. The van der Waals surface area contributed by atoms with Gasteiger partial charge in [0.1, 0.15) is 17.0 Å². The number of amidine groups is 1. The molecule has 240 valence electrons. The van der Waals surface area contributed by atoms with Gasteiger partial charge in [-0.3, -0.25) is 5.41 Å². The summed E-state index contributed by atoms with van der Waals surface area (Å²) in [5, 5.41) is 9.65. The summed E-state index contributed by atoms with van der Waals surface area (Å²) in [6.45, 7) is 2.69. The van der Waals surface area contributed by atoms with Gasteiger partial charge in [-0.2, -0.15) is 0 Å². The maximum absolute atomic E-state index is 7.29. The molecule has 0 aliphatic carbocycles. The van der Waals surface area contributed by atoms with Crippen molar-refractivity contribution >= 4 is 27.8 Å². The van der Waals surface area contributed by atoms with E-state index in [9.17, 15) is 0 Å². The molecule has 0 bridgehead atoms. The summed E-state index contributed by atoms with van der Waals surface area (Å²) >= 11 is 0. The molecule has 8 aromatic rings. The van der Waals surface area contributed by atoms with Crippen LogP contribution in [0.25, 0.3) is 55.3 Å². The van der Waals surface area contributed by atoms with Gasteiger partial charge in [0.05, 0.1) is 0 Å². The minimum Gasteiger partial charge on any atom is -0.455 e. The van der Waals surface area contributed by atoms with Crippen molar-refractivity contribution in [3.8, 4) is 33.4 Å². The van der Waals surface area contributed by atoms with E-state index < -0.39 is 0 Å². The molecule has 0 aliphatic rings. The molecule has 0 aliphatic heterocycles. The highest BCUT2D eigenvalue weighted by molar-refractivity contribution is 6.09. The normalized spacial score (nSPS) is 10.5. The molecule has 8 rings (SSSR count). The fraction of sp³-hybridized carbons (Fsp3) is 0.0444. The molecule has 4 nitrogen and oxygen atoms in total. The van der Waals surface area contributed by atoms with Crippen molar-refractivity contribution in [2.45, 2.75) is 13.5 Å². The summed E-state index contributed by atoms with van der Waals surface area (Å²) in [4.78, 5) is 0. The molecule has 1 aromatic heterocycles. The topological polar surface area (TPSA) is 89.0 Å². The lowest BCUT2D eigenvalue weighted by molar-refractivity contribution is 0.669. The monoisotopic (exact) mass is 637 g/mol. The van der Waals surface area contributed by atoms with Gasteiger partial charge in [0, 0.05) is 28.4 Å². The lowest BCUT2D eigenvalue weighted by atomic mass is 10.0. The van der Waals surface area contributed by atoms with Crippen LogP contribution in [0.2, 0.25) is 0 Å². The van der Waals surface area contributed by atoms with E-state index in [1.807, 2.05) is 66.7 Å². The predicted molar refractivity (Wildman–Crippen MR) is 207 cm³/mol. The number of nitrogens with two attached hydrogens (primary N) is 2. The number of fused-ring (bicyclic) bond motifs is 3. The van der Waals surface area contributed by atoms with E-state index in [4.69, 9.17) is 21.3 Å². The maximum Gasteiger partial charge on any atom is 0.143 e. The van der Waals surface area contributed by atoms with Crippen LogP contribution in [0.3, 0.4) is 0 Å². The van der Waals surface area contributed by atoms with Crippen LogP contribution < -0.4 is 11.5 Å². The van der Waals surface area contributed by atoms with Crippen molar-refractivity contribution < 1.29 is 4.42 Å². The highest BCUT2D eigenvalue weighted by Gasteiger charge is 2.11. The van der Waals surface area contributed by atoms with Crippen molar-refractivity contribution in [2.75, 3.05) is 0 Å². The molecule has 0 unspecified atom stereocenters. The second-order valence-corrected chi connectivity index (χ2v) is 11.8. The van der Waals surface area contributed by atoms with Gasteiger partial charge in [-0.05, 0) is 51.9 Å². The lowest BCUT2D eigenvalue weighted by Crippen LogP contribution is -2.10. The van der Waals surface area contributed by atoms with Crippen LogP contribution in [0.15, 0.2) is 180 Å². The quantitative estimate of drug-likeness (QED) is 0.130. The number of furan rings is 1. The molecular formula is C45H39N3O. The molecule has 0 spiro atoms. The van der Waals surface area contributed by atoms with Crippen LogP contribution in [0, 0.1) is 12.3 Å². The highest BCUT2D eigenvalue weighted by Crippen LogP contribution is 2.35. The number of nitrogen functional groups attached to an aromatic ring is 1. The van der Waals surface area contributed by atoms with Crippen LogP contribution >= 0.6 is 0 Å². The third-order valence-electron chi connectivity index (χ3n) is 8.34. The zero-order valence-corrected chi connectivity index (χ0v) is 27.5. The standard InChI is InChI=1S/C19H14O.C13H12N2.C13H13N/c1-13-10-11-16-17-9-5-8-15(14-6-3-2-4-7-14)19(17)20-18(16)12-13;14-13(15)12-8-6-11(7-9-12)10-4-2-1-3-5-10;14-10-11-6-8-13(9-7-11)12-4-2-1-3-5-12/h2-12H,1H3;1-9H,(H3,14,15);1-9H,10,14H2. The van der Waals surface area contributed by atoms with Gasteiger partial charge in [-0.15, -0.1) is 0 Å². The fourth-order valence-electron chi connectivity index (χ4n) is 5.69. The maximum atomic E-state index is 7.29. The summed E-state index contributed by atoms with van der Waals surface area (Å²) in [6, 6.07) is 59.6. The van der Waals surface area contributed by atoms with E-state index in [1.165, 1.54) is 44.2 Å². The number of para-hydroxylation sites is 1. The zero-order valence-electron chi connectivity index (χ0n) is 27.5. The third kappa shape index (κ3) is 8.02. The van der Waals surface area contributed by atoms with Gasteiger partial charge in [0.15, 0.2) is 0 Å². The predicted octanol–water partition coefficient (Wildman–Crippen LogP) is 11.0. The van der Waals surface area contributed by atoms with E-state index in [2.05, 4.69) is 116 Å². The average molecular weight is 638 g/mol. The summed E-state index contributed by atoms with van der Waals surface area (Å²) in [7, 11) is 0. The molecule has 1 heterocycles. The SMILES string of the molecule is Cc1ccc2c(c1)oc1c(-c3ccccc3)cccc12.N=C(N)c1ccc(-c2ccccc2)cc1.NCc1ccc(-c2ccccc2)cc1. The number of rotatable bonds is 5. The number of aryl methyl sites for hydroxylation is 1. The zero-order chi connectivity index (χ0) is 34.0. The Bertz CT molecular complexity index is 2260. The van der Waals surface area contributed by atoms with Gasteiger partial charge >= 0.3 is 0 Å². The van der Waals surface area contributed by atoms with Gasteiger partial charge in [-0.25, -0.2) is 0 Å². The van der Waals surface area contributed by atoms with Crippen molar-refractivity contribution in [3.63, 3.8) is 0 Å². The fourth-order valence-corrected chi connectivity index (χ4v) is 5.69. The minimum absolute atomic E-state index is 0.106. The molecular weight excluding hydrogens is 599 g/mol. The van der Waals surface area contributed by atoms with Crippen molar-refractivity contribution in [1.82, 2.24) is 0 Å². The summed E-state index contributed by atoms with van der Waals surface area (Å²) in [5.74, 6) is 0.106. The van der Waals surface area contributed by atoms with Crippen LogP contribution in [-0.4, -0.2) is 5.84 Å². The van der Waals surface area contributed by atoms with Crippen LogP contribution in [0.5, 0.6) is 0 Å². The highest BCUT2D eigenvalue weighted by atomic mass is 16.3. The number of benzene rings is 7. The largest absolute Gasteiger partial charge is 0.455 e. The lowest BCUT2D eigenvalue weighted by Gasteiger charge is -2.02. The Morgan fingerprint density at radius 2 is 1.04 bits per heavy atom. The van der Waals surface area contributed by atoms with Crippen molar-refractivity contribution in [1.29, 1.82) is 5.41 Å². The molecule has 49 heavy (non-hydrogen) atoms. The average Bonchev–Trinajstić information content (AvgIpc) is 3.54. The molecule has 0 fully saturated rings. The number of nitrogens with one attached hydrogen (secondary N) is 1. The second-order valence-electron chi connectivity index (χ2n) is 11.8. The minimum atomic E-state index is 0.106. The first kappa shape index (κ1) is 32.7. The first-order valence-corrected chi connectivity index (χ1v) is 16.3. The van der Waals surface area contributed by atoms with E-state index in [0.29, 0.717) is 6.54 Å². The Morgan fingerprint density at radius 1 is 0.531 bits per heavy atom. The van der Waals surface area contributed by atoms with Gasteiger partial charge in [0.2, 0.25) is 0 Å². The Kier molecular flexibility index (Phi) is 10.4. The van der Waals surface area contributed by atoms with Crippen LogP contribution in [0.4, 0.5) is 0 Å². The molecule has 4 heteroatoms. The molecule has 0 saturated heterocycles. The van der Waals surface area contributed by atoms with Gasteiger partial charge in [0.25, 0.3) is 0 Å². The van der Waals surface area contributed by atoms with E-state index in [-0.39, 0.29) is 5.84 Å². The second kappa shape index (κ2) is 15.6. The Hall–Kier alpha value is -6.23. The molecule has 7 aromatic carbocycles. The van der Waals surface area contributed by atoms with E-state index in [1.54, 1.807) is 0 Å². The van der Waals surface area contributed by atoms with Gasteiger partial charge < -0.3 is 15.9 Å². The van der Waals surface area contributed by atoms with E-state index >= 15 is 0 Å². The Balaban J connectivity index is 0.000000131. The van der Waals surface area contributed by atoms with Crippen LogP contribution in [-0.2, 0) is 6.54 Å². The molecule has 0 radical (unpaired) electrons. The first-order valence-electron chi connectivity index (χ1n) is 16.3. The van der Waals surface area contributed by atoms with Crippen molar-refractivity contribution in [2.24, 2.45) is 11.5 Å². The molecule has 0 saturated carbocycles. The number of hydrogen-bond acceptors (Lipinski definition) is 3. The van der Waals surface area contributed by atoms with E-state index in [0.717, 1.165) is 27.9 Å². The number of hydrogen-bond donors (Lipinski definition) is 3. The molecule has 0 amide bonds. The summed E-state index contributed by atoms with van der Waals surface area (Å²) < 4.78 is 6.12. The Morgan fingerprint density at radius 3 is 1.57 bits per heavy atom. The molecule has 0 atom stereocenters. The van der Waals surface area contributed by atoms with Crippen LogP contribution in [0.1, 0.15) is 16.7 Å². The smallest absolute Gasteiger partial charge is 0.143 e.